The Labute approximate surface area is 196 Å². The van der Waals surface area contributed by atoms with E-state index in [2.05, 4.69) is 5.16 Å². The minimum atomic E-state index is -1.28. The number of phenols is 1. The van der Waals surface area contributed by atoms with E-state index in [4.69, 9.17) is 10.6 Å². The van der Waals surface area contributed by atoms with Crippen LogP contribution in [0.25, 0.3) is 5.76 Å². The van der Waals surface area contributed by atoms with Gasteiger partial charge in [0.2, 0.25) is 0 Å². The van der Waals surface area contributed by atoms with Crippen LogP contribution in [-0.4, -0.2) is 70.7 Å². The molecule has 0 heterocycles. The molecule has 3 aliphatic carbocycles. The number of aromatic hydroxyl groups is 1. The number of Topliss-reactive ketones (excluding diaryl/α,β-unsaturated/α-hetero) is 2. The van der Waals surface area contributed by atoms with Gasteiger partial charge in [-0.15, -0.1) is 0 Å². The van der Waals surface area contributed by atoms with Gasteiger partial charge in [0.15, 0.2) is 11.6 Å². The van der Waals surface area contributed by atoms with Crippen molar-refractivity contribution < 1.29 is 34.5 Å². The number of fused-ring (bicyclic) bond motifs is 3. The predicted octanol–water partition coefficient (Wildman–Crippen LogP) is 1.22. The number of carbonyl (C=O) groups excluding carboxylic acids is 3. The van der Waals surface area contributed by atoms with Crippen LogP contribution in [-0.2, 0) is 25.6 Å². The van der Waals surface area contributed by atoms with E-state index in [1.807, 2.05) is 0 Å². The van der Waals surface area contributed by atoms with E-state index in [0.29, 0.717) is 23.3 Å². The average Bonchev–Trinajstić information content (AvgIpc) is 2.72. The summed E-state index contributed by atoms with van der Waals surface area (Å²) in [6, 6.07) is 2.29. The van der Waals surface area contributed by atoms with Gasteiger partial charge in [-0.05, 0) is 63.4 Å². The number of hydrogen-bond acceptors (Lipinski definition) is 9. The Morgan fingerprint density at radius 2 is 1.85 bits per heavy atom. The molecule has 10 nitrogen and oxygen atoms in total. The highest BCUT2D eigenvalue weighted by Gasteiger charge is 2.55. The van der Waals surface area contributed by atoms with Crippen molar-refractivity contribution in [2.24, 2.45) is 28.6 Å². The third kappa shape index (κ3) is 3.28. The Morgan fingerprint density at radius 3 is 2.44 bits per heavy atom. The Kier molecular flexibility index (Phi) is 5.72. The molecule has 180 valence electrons. The lowest BCUT2D eigenvalue weighted by Gasteiger charge is -2.46. The lowest BCUT2D eigenvalue weighted by atomic mass is 9.59. The van der Waals surface area contributed by atoms with Crippen LogP contribution >= 0.6 is 0 Å². The summed E-state index contributed by atoms with van der Waals surface area (Å²) in [5, 5.41) is 36.4. The molecule has 5 N–H and O–H groups in total. The van der Waals surface area contributed by atoms with Crippen molar-refractivity contribution in [3.63, 3.8) is 0 Å². The zero-order valence-corrected chi connectivity index (χ0v) is 19.3. The van der Waals surface area contributed by atoms with Crippen LogP contribution < -0.4 is 5.73 Å². The van der Waals surface area contributed by atoms with Gasteiger partial charge in [0.25, 0.3) is 5.91 Å². The zero-order valence-electron chi connectivity index (χ0n) is 19.3. The molecule has 34 heavy (non-hydrogen) atoms. The number of likely N-dealkylation sites (N-methyl/N-ethyl adjacent to an activating group) is 1. The fourth-order valence-corrected chi connectivity index (χ4v) is 5.79. The summed E-state index contributed by atoms with van der Waals surface area (Å²) in [7, 11) is 4.76. The monoisotopic (exact) mass is 469 g/mol. The van der Waals surface area contributed by atoms with Gasteiger partial charge in [-0.1, -0.05) is 5.16 Å². The number of amides is 1. The second-order valence-electron chi connectivity index (χ2n) is 9.15. The fraction of sp³-hybridized carbons (Fsp3) is 0.417. The molecule has 1 aromatic carbocycles. The van der Waals surface area contributed by atoms with E-state index in [-0.39, 0.29) is 23.3 Å². The molecule has 0 aromatic heterocycles. The van der Waals surface area contributed by atoms with Crippen molar-refractivity contribution in [2.45, 2.75) is 25.8 Å². The molecule has 1 fully saturated rings. The first-order valence-electron chi connectivity index (χ1n) is 10.8. The summed E-state index contributed by atoms with van der Waals surface area (Å²) in [5.74, 6) is -6.00. The number of allylic oxidation sites excluding steroid dienone is 1. The molecular weight excluding hydrogens is 442 g/mol. The quantitative estimate of drug-likeness (QED) is 0.221. The Morgan fingerprint density at radius 1 is 1.18 bits per heavy atom. The number of ketones is 2. The molecule has 1 unspecified atom stereocenters. The van der Waals surface area contributed by atoms with Crippen LogP contribution in [0, 0.1) is 17.8 Å². The Hall–Kier alpha value is -3.66. The minimum absolute atomic E-state index is 0.0404. The first-order chi connectivity index (χ1) is 16.0. The van der Waals surface area contributed by atoms with E-state index in [1.165, 1.54) is 13.2 Å². The highest BCUT2D eigenvalue weighted by atomic mass is 16.6. The van der Waals surface area contributed by atoms with Crippen molar-refractivity contribution in [3.05, 3.63) is 45.7 Å². The molecule has 10 heteroatoms. The second-order valence-corrected chi connectivity index (χ2v) is 9.15. The molecule has 1 saturated carbocycles. The van der Waals surface area contributed by atoms with Crippen LogP contribution in [0.15, 0.2) is 34.2 Å². The molecular formula is C24H27N3O7. The maximum Gasteiger partial charge on any atom is 0.255 e. The van der Waals surface area contributed by atoms with E-state index >= 15 is 0 Å². The molecule has 0 saturated heterocycles. The van der Waals surface area contributed by atoms with Crippen molar-refractivity contribution in [3.8, 4) is 5.75 Å². The SMILES string of the molecule is CO/N=C(/C)c1ccc(O)c2c1C[C@H]1C[C@@H]3C(C(=O)C(C(N)=O)=C(O)[C@H]3N(C)C)C(=O)C1=C2O. The highest BCUT2D eigenvalue weighted by Crippen LogP contribution is 2.50. The minimum Gasteiger partial charge on any atom is -0.510 e. The lowest BCUT2D eigenvalue weighted by Crippen LogP contribution is -2.55. The first kappa shape index (κ1) is 23.5. The first-order valence-corrected chi connectivity index (χ1v) is 10.8. The number of aliphatic hydroxyl groups is 2. The molecule has 4 atom stereocenters. The molecule has 0 radical (unpaired) electrons. The maximum absolute atomic E-state index is 13.7. The number of aliphatic hydroxyl groups excluding tert-OH is 2. The Balaban J connectivity index is 1.91. The number of benzene rings is 1. The zero-order chi connectivity index (χ0) is 25.1. The van der Waals surface area contributed by atoms with Crippen LogP contribution in [0.4, 0.5) is 0 Å². The molecule has 4 rings (SSSR count). The highest BCUT2D eigenvalue weighted by molar-refractivity contribution is 6.28. The van der Waals surface area contributed by atoms with Crippen LogP contribution in [0.2, 0.25) is 0 Å². The van der Waals surface area contributed by atoms with Gasteiger partial charge in [0.1, 0.15) is 30.0 Å². The fourth-order valence-electron chi connectivity index (χ4n) is 5.79. The van der Waals surface area contributed by atoms with Gasteiger partial charge in [0, 0.05) is 11.1 Å². The predicted molar refractivity (Wildman–Crippen MR) is 122 cm³/mol. The third-order valence-electron chi connectivity index (χ3n) is 7.07. The van der Waals surface area contributed by atoms with Crippen LogP contribution in [0.5, 0.6) is 5.75 Å². The number of primary amides is 1. The molecule has 1 aromatic rings. The molecule has 0 bridgehead atoms. The van der Waals surface area contributed by atoms with Gasteiger partial charge in [0.05, 0.1) is 23.2 Å². The van der Waals surface area contributed by atoms with Gasteiger partial charge in [-0.25, -0.2) is 0 Å². The van der Waals surface area contributed by atoms with Gasteiger partial charge >= 0.3 is 0 Å². The summed E-state index contributed by atoms with van der Waals surface area (Å²) < 4.78 is 0. The summed E-state index contributed by atoms with van der Waals surface area (Å²) in [4.78, 5) is 45.3. The second kappa shape index (κ2) is 8.28. The lowest BCUT2D eigenvalue weighted by molar-refractivity contribution is -0.136. The molecule has 3 aliphatic rings. The summed E-state index contributed by atoms with van der Waals surface area (Å²) in [5.41, 5.74) is 6.72. The van der Waals surface area contributed by atoms with E-state index in [0.717, 1.165) is 0 Å². The van der Waals surface area contributed by atoms with Crippen LogP contribution in [0.1, 0.15) is 30.0 Å². The number of hydrogen-bond donors (Lipinski definition) is 4. The van der Waals surface area contributed by atoms with Crippen molar-refractivity contribution >= 4 is 28.9 Å². The van der Waals surface area contributed by atoms with Crippen LogP contribution in [0.3, 0.4) is 0 Å². The number of oxime groups is 1. The van der Waals surface area contributed by atoms with E-state index in [9.17, 15) is 29.7 Å². The van der Waals surface area contributed by atoms with E-state index < -0.39 is 58.4 Å². The number of carbonyl (C=O) groups is 3. The standard InChI is InChI=1S/C24H27N3O7/c1-9(26-34-4)11-5-6-14(28)16-12(11)7-10-8-13-17(21(30)15(10)20(16)29)22(31)18(24(25)33)23(32)19(13)27(2)3/h5-6,10,13,17,19,28-29,32H,7-8H2,1-4H3,(H2,25,33)/b26-9-/t10-,13+,17?,19-/m0/s1. The van der Waals surface area contributed by atoms with Crippen molar-refractivity contribution in [1.29, 1.82) is 0 Å². The average molecular weight is 469 g/mol. The smallest absolute Gasteiger partial charge is 0.255 e. The van der Waals surface area contributed by atoms with Gasteiger partial charge in [-0.3, -0.25) is 19.3 Å². The Bertz CT molecular complexity index is 1210. The van der Waals surface area contributed by atoms with Crippen molar-refractivity contribution in [1.82, 2.24) is 4.90 Å². The normalized spacial score (nSPS) is 26.9. The number of rotatable bonds is 4. The topological polar surface area (TPSA) is 163 Å². The summed E-state index contributed by atoms with van der Waals surface area (Å²) in [6.45, 7) is 1.73. The summed E-state index contributed by atoms with van der Waals surface area (Å²) in [6.07, 6.45) is 0.584. The molecule has 1 amide bonds. The van der Waals surface area contributed by atoms with Crippen molar-refractivity contribution in [2.75, 3.05) is 21.2 Å². The number of nitrogens with two attached hydrogens (primary N) is 1. The maximum atomic E-state index is 13.7. The van der Waals surface area contributed by atoms with Gasteiger partial charge < -0.3 is 25.9 Å². The number of phenolic OH excluding ortho intramolecular Hbond substituents is 1. The molecule has 0 spiro atoms. The largest absolute Gasteiger partial charge is 0.510 e. The summed E-state index contributed by atoms with van der Waals surface area (Å²) >= 11 is 0. The number of nitrogens with zero attached hydrogens (tertiary/aromatic N) is 2. The van der Waals surface area contributed by atoms with Gasteiger partial charge in [-0.2, -0.15) is 0 Å². The molecule has 0 aliphatic heterocycles. The van der Waals surface area contributed by atoms with E-state index in [1.54, 1.807) is 32.0 Å². The third-order valence-corrected chi connectivity index (χ3v) is 7.07.